The van der Waals surface area contributed by atoms with Crippen LogP contribution in [0.3, 0.4) is 0 Å². The maximum atomic E-state index is 12.5. The van der Waals surface area contributed by atoms with Crippen molar-refractivity contribution in [3.05, 3.63) is 46.3 Å². The van der Waals surface area contributed by atoms with E-state index >= 15 is 0 Å². The number of aromatic carboxylic acids is 1. The molecular weight excluding hydrogens is 294 g/mol. The Morgan fingerprint density at radius 3 is 2.35 bits per heavy atom. The van der Waals surface area contributed by atoms with Crippen molar-refractivity contribution < 1.29 is 14.7 Å². The minimum atomic E-state index is -1.01. The van der Waals surface area contributed by atoms with E-state index in [1.165, 1.54) is 10.7 Å². The molecule has 23 heavy (non-hydrogen) atoms. The first-order chi connectivity index (χ1) is 10.7. The van der Waals surface area contributed by atoms with Crippen LogP contribution >= 0.6 is 0 Å². The number of rotatable bonds is 4. The maximum Gasteiger partial charge on any atom is 0.336 e. The summed E-state index contributed by atoms with van der Waals surface area (Å²) in [5, 5.41) is 16.3. The Bertz CT molecular complexity index is 776. The van der Waals surface area contributed by atoms with Crippen LogP contribution in [0.25, 0.3) is 0 Å². The van der Waals surface area contributed by atoms with E-state index in [1.54, 1.807) is 26.1 Å². The number of carbonyl (C=O) groups is 2. The zero-order valence-electron chi connectivity index (χ0n) is 14.0. The van der Waals surface area contributed by atoms with Crippen molar-refractivity contribution in [3.63, 3.8) is 0 Å². The molecule has 0 bridgehead atoms. The van der Waals surface area contributed by atoms with Crippen LogP contribution in [-0.4, -0.2) is 26.8 Å². The first-order valence-corrected chi connectivity index (χ1v) is 7.40. The summed E-state index contributed by atoms with van der Waals surface area (Å²) in [6, 6.07) is 4.99. The average molecular weight is 315 g/mol. The van der Waals surface area contributed by atoms with Gasteiger partial charge in [-0.2, -0.15) is 5.10 Å². The van der Waals surface area contributed by atoms with Crippen LogP contribution in [0.15, 0.2) is 18.2 Å². The number of carbonyl (C=O) groups excluding carboxylic acids is 1. The third-order valence-electron chi connectivity index (χ3n) is 3.77. The molecule has 6 heteroatoms. The number of aromatic nitrogens is 2. The molecule has 1 amide bonds. The van der Waals surface area contributed by atoms with E-state index in [4.69, 9.17) is 0 Å². The number of hydrogen-bond acceptors (Lipinski definition) is 3. The first kappa shape index (κ1) is 16.7. The Labute approximate surface area is 135 Å². The van der Waals surface area contributed by atoms with E-state index in [0.717, 1.165) is 11.3 Å². The van der Waals surface area contributed by atoms with E-state index < -0.39 is 5.97 Å². The minimum absolute atomic E-state index is 0.179. The van der Waals surface area contributed by atoms with Crippen molar-refractivity contribution in [2.75, 3.05) is 5.32 Å². The summed E-state index contributed by atoms with van der Waals surface area (Å²) in [7, 11) is 1.71. The van der Waals surface area contributed by atoms with Crippen LogP contribution in [0.1, 0.15) is 57.4 Å². The van der Waals surface area contributed by atoms with Crippen LogP contribution in [0.5, 0.6) is 0 Å². The van der Waals surface area contributed by atoms with Gasteiger partial charge in [0.05, 0.1) is 11.3 Å². The van der Waals surface area contributed by atoms with Crippen molar-refractivity contribution in [1.82, 2.24) is 9.78 Å². The molecule has 0 fully saturated rings. The quantitative estimate of drug-likeness (QED) is 0.908. The fourth-order valence-corrected chi connectivity index (χ4v) is 2.39. The van der Waals surface area contributed by atoms with Crippen LogP contribution in [0.4, 0.5) is 5.69 Å². The highest BCUT2D eigenvalue weighted by molar-refractivity contribution is 6.04. The molecule has 2 N–H and O–H groups in total. The standard InChI is InChI=1S/C17H21N3O3/c1-9(2)13-8-15(20(5)19-13)16(21)18-14-7-12(17(22)23)10(3)6-11(14)4/h6-9H,1-5H3,(H,18,21)(H,22,23). The van der Waals surface area contributed by atoms with Gasteiger partial charge in [-0.1, -0.05) is 19.9 Å². The Balaban J connectivity index is 2.34. The van der Waals surface area contributed by atoms with Gasteiger partial charge in [-0.3, -0.25) is 9.48 Å². The zero-order chi connectivity index (χ0) is 17.3. The van der Waals surface area contributed by atoms with Gasteiger partial charge in [0.25, 0.3) is 5.91 Å². The lowest BCUT2D eigenvalue weighted by molar-refractivity contribution is 0.0695. The first-order valence-electron chi connectivity index (χ1n) is 7.40. The SMILES string of the molecule is Cc1cc(C)c(C(=O)O)cc1NC(=O)c1cc(C(C)C)nn1C. The molecule has 0 atom stereocenters. The number of nitrogens with zero attached hydrogens (tertiary/aromatic N) is 2. The topological polar surface area (TPSA) is 84.2 Å². The Morgan fingerprint density at radius 2 is 1.83 bits per heavy atom. The van der Waals surface area contributed by atoms with Crippen LogP contribution in [0.2, 0.25) is 0 Å². The maximum absolute atomic E-state index is 12.5. The second-order valence-electron chi connectivity index (χ2n) is 5.97. The van der Waals surface area contributed by atoms with Gasteiger partial charge in [0, 0.05) is 12.7 Å². The van der Waals surface area contributed by atoms with Crippen LogP contribution in [0, 0.1) is 13.8 Å². The monoisotopic (exact) mass is 315 g/mol. The Kier molecular flexibility index (Phi) is 4.54. The molecule has 0 aliphatic carbocycles. The zero-order valence-corrected chi connectivity index (χ0v) is 14.0. The van der Waals surface area contributed by atoms with Crippen molar-refractivity contribution in [1.29, 1.82) is 0 Å². The number of nitrogens with one attached hydrogen (secondary N) is 1. The molecule has 0 unspecified atom stereocenters. The van der Waals surface area contributed by atoms with Crippen LogP contribution < -0.4 is 5.32 Å². The molecule has 0 saturated carbocycles. The van der Waals surface area contributed by atoms with Gasteiger partial charge in [-0.25, -0.2) is 4.79 Å². The molecule has 0 saturated heterocycles. The molecule has 0 aliphatic heterocycles. The van der Waals surface area contributed by atoms with Crippen molar-refractivity contribution in [3.8, 4) is 0 Å². The number of carboxylic acid groups (broad SMARTS) is 1. The van der Waals surface area contributed by atoms with E-state index in [1.807, 2.05) is 20.8 Å². The predicted molar refractivity (Wildman–Crippen MR) is 88.1 cm³/mol. The lowest BCUT2D eigenvalue weighted by Gasteiger charge is -2.11. The van der Waals surface area contributed by atoms with Crippen molar-refractivity contribution in [2.45, 2.75) is 33.6 Å². The second-order valence-corrected chi connectivity index (χ2v) is 5.97. The number of amides is 1. The molecule has 1 heterocycles. The third-order valence-corrected chi connectivity index (χ3v) is 3.77. The summed E-state index contributed by atoms with van der Waals surface area (Å²) >= 11 is 0. The third kappa shape index (κ3) is 3.41. The smallest absolute Gasteiger partial charge is 0.336 e. The fourth-order valence-electron chi connectivity index (χ4n) is 2.39. The normalized spacial score (nSPS) is 10.9. The minimum Gasteiger partial charge on any atom is -0.478 e. The summed E-state index contributed by atoms with van der Waals surface area (Å²) in [6.45, 7) is 7.58. The van der Waals surface area contributed by atoms with Crippen molar-refractivity contribution in [2.24, 2.45) is 7.05 Å². The largest absolute Gasteiger partial charge is 0.478 e. The van der Waals surface area contributed by atoms with Gasteiger partial charge in [0.2, 0.25) is 0 Å². The number of benzene rings is 1. The number of carboxylic acids is 1. The second kappa shape index (κ2) is 6.24. The Hall–Kier alpha value is -2.63. The molecular formula is C17H21N3O3. The van der Waals surface area contributed by atoms with E-state index in [9.17, 15) is 14.7 Å². The van der Waals surface area contributed by atoms with Gasteiger partial charge in [0.15, 0.2) is 0 Å². The summed E-state index contributed by atoms with van der Waals surface area (Å²) in [5.41, 5.74) is 3.42. The highest BCUT2D eigenvalue weighted by Crippen LogP contribution is 2.22. The van der Waals surface area contributed by atoms with Gasteiger partial charge in [-0.05, 0) is 43.0 Å². The number of hydrogen-bond donors (Lipinski definition) is 2. The van der Waals surface area contributed by atoms with E-state index in [-0.39, 0.29) is 17.4 Å². The van der Waals surface area contributed by atoms with Gasteiger partial charge in [0.1, 0.15) is 5.69 Å². The summed E-state index contributed by atoms with van der Waals surface area (Å²) < 4.78 is 1.53. The fraction of sp³-hybridized carbons (Fsp3) is 0.353. The van der Waals surface area contributed by atoms with Gasteiger partial charge < -0.3 is 10.4 Å². The molecule has 0 aliphatic rings. The van der Waals surface area contributed by atoms with Crippen molar-refractivity contribution >= 4 is 17.6 Å². The summed E-state index contributed by atoms with van der Waals surface area (Å²) in [4.78, 5) is 23.7. The average Bonchev–Trinajstić information content (AvgIpc) is 2.83. The lowest BCUT2D eigenvalue weighted by Crippen LogP contribution is -2.17. The highest BCUT2D eigenvalue weighted by atomic mass is 16.4. The summed E-state index contributed by atoms with van der Waals surface area (Å²) in [5.74, 6) is -1.10. The molecule has 6 nitrogen and oxygen atoms in total. The van der Waals surface area contributed by atoms with Gasteiger partial charge in [-0.15, -0.1) is 0 Å². The molecule has 1 aromatic carbocycles. The predicted octanol–water partition coefficient (Wildman–Crippen LogP) is 3.11. The highest BCUT2D eigenvalue weighted by Gasteiger charge is 2.17. The molecule has 2 aromatic rings. The van der Waals surface area contributed by atoms with E-state index in [2.05, 4.69) is 10.4 Å². The number of anilines is 1. The molecule has 2 rings (SSSR count). The molecule has 0 radical (unpaired) electrons. The molecule has 1 aromatic heterocycles. The lowest BCUT2D eigenvalue weighted by atomic mass is 10.0. The summed E-state index contributed by atoms with van der Waals surface area (Å²) in [6.07, 6.45) is 0. The molecule has 122 valence electrons. The number of aryl methyl sites for hydroxylation is 3. The molecule has 0 spiro atoms. The Morgan fingerprint density at radius 1 is 1.17 bits per heavy atom. The van der Waals surface area contributed by atoms with E-state index in [0.29, 0.717) is 16.9 Å². The van der Waals surface area contributed by atoms with Gasteiger partial charge >= 0.3 is 5.97 Å². The van der Waals surface area contributed by atoms with Crippen LogP contribution in [-0.2, 0) is 7.05 Å².